The third-order valence-corrected chi connectivity index (χ3v) is 3.41. The van der Waals surface area contributed by atoms with Crippen LogP contribution in [0.25, 0.3) is 5.69 Å². The predicted molar refractivity (Wildman–Crippen MR) is 84.9 cm³/mol. The summed E-state index contributed by atoms with van der Waals surface area (Å²) in [6.45, 7) is -0.153. The second-order valence-corrected chi connectivity index (χ2v) is 5.06. The van der Waals surface area contributed by atoms with Crippen LogP contribution in [-0.2, 0) is 13.2 Å². The molecule has 0 unspecified atom stereocenters. The fourth-order valence-corrected chi connectivity index (χ4v) is 2.20. The number of aliphatic hydroxyl groups excluding tert-OH is 1. The van der Waals surface area contributed by atoms with Crippen LogP contribution in [-0.4, -0.2) is 26.0 Å². The second-order valence-electron chi connectivity index (χ2n) is 5.06. The van der Waals surface area contributed by atoms with Gasteiger partial charge in [0.05, 0.1) is 6.61 Å². The molecule has 3 aromatic rings. The van der Waals surface area contributed by atoms with E-state index in [0.29, 0.717) is 6.54 Å². The average Bonchev–Trinajstić information content (AvgIpc) is 3.05. The van der Waals surface area contributed by atoms with E-state index in [1.807, 2.05) is 30.3 Å². The summed E-state index contributed by atoms with van der Waals surface area (Å²) in [5.74, 6) is -1.00. The van der Waals surface area contributed by atoms with Crippen LogP contribution in [0.3, 0.4) is 0 Å². The van der Waals surface area contributed by atoms with E-state index < -0.39 is 18.3 Å². The highest BCUT2D eigenvalue weighted by atomic mass is 19.1. The summed E-state index contributed by atoms with van der Waals surface area (Å²) in [4.78, 5) is 13.3. The molecule has 0 aliphatic heterocycles. The number of nitrogens with zero attached hydrogens (tertiary/aromatic N) is 3. The molecule has 0 radical (unpaired) electrons. The lowest BCUT2D eigenvalue weighted by Crippen LogP contribution is -2.24. The van der Waals surface area contributed by atoms with E-state index >= 15 is 0 Å². The molecule has 7 heteroatoms. The third kappa shape index (κ3) is 3.31. The normalized spacial score (nSPS) is 10.6. The van der Waals surface area contributed by atoms with E-state index in [-0.39, 0.29) is 17.1 Å². The number of amides is 1. The van der Waals surface area contributed by atoms with Gasteiger partial charge in [0.1, 0.15) is 11.4 Å². The summed E-state index contributed by atoms with van der Waals surface area (Å²) in [7, 11) is 0. The van der Waals surface area contributed by atoms with Crippen LogP contribution >= 0.6 is 0 Å². The predicted octanol–water partition coefficient (Wildman–Crippen LogP) is 1.83. The zero-order chi connectivity index (χ0) is 16.9. The first-order valence-electron chi connectivity index (χ1n) is 7.33. The zero-order valence-corrected chi connectivity index (χ0v) is 12.7. The van der Waals surface area contributed by atoms with Gasteiger partial charge in [0.15, 0.2) is 11.5 Å². The number of nitrogens with one attached hydrogen (secondary N) is 1. The van der Waals surface area contributed by atoms with Crippen LogP contribution in [0.4, 0.5) is 4.39 Å². The van der Waals surface area contributed by atoms with Crippen LogP contribution in [0, 0.1) is 5.82 Å². The van der Waals surface area contributed by atoms with Gasteiger partial charge in [-0.3, -0.25) is 4.79 Å². The number of hydrogen-bond acceptors (Lipinski definition) is 4. The first-order valence-corrected chi connectivity index (χ1v) is 7.33. The molecule has 0 spiro atoms. The monoisotopic (exact) mass is 326 g/mol. The number of aliphatic hydroxyl groups is 1. The van der Waals surface area contributed by atoms with Crippen LogP contribution in [0.2, 0.25) is 0 Å². The number of rotatable bonds is 5. The molecular weight excluding hydrogens is 311 g/mol. The Morgan fingerprint density at radius 1 is 1.08 bits per heavy atom. The molecular formula is C17H15FN4O2. The molecule has 0 aliphatic carbocycles. The fraction of sp³-hybridized carbons (Fsp3) is 0.118. The number of aromatic nitrogens is 3. The summed E-state index contributed by atoms with van der Waals surface area (Å²) in [6, 6.07) is 15.3. The fourth-order valence-electron chi connectivity index (χ4n) is 2.20. The number of halogens is 1. The van der Waals surface area contributed by atoms with Gasteiger partial charge in [-0.2, -0.15) is 0 Å². The van der Waals surface area contributed by atoms with Crippen molar-refractivity contribution < 1.29 is 14.3 Å². The van der Waals surface area contributed by atoms with Gasteiger partial charge in [0.2, 0.25) is 0 Å². The third-order valence-electron chi connectivity index (χ3n) is 3.41. The van der Waals surface area contributed by atoms with E-state index in [1.165, 1.54) is 12.1 Å². The van der Waals surface area contributed by atoms with E-state index in [1.54, 1.807) is 12.1 Å². The Kier molecular flexibility index (Phi) is 4.62. The number of carbonyl (C=O) groups excluding carboxylic acids is 1. The van der Waals surface area contributed by atoms with Crippen LogP contribution in [0.15, 0.2) is 54.6 Å². The minimum atomic E-state index is -0.520. The van der Waals surface area contributed by atoms with Crippen molar-refractivity contribution in [1.82, 2.24) is 20.3 Å². The molecule has 0 bridgehead atoms. The van der Waals surface area contributed by atoms with Gasteiger partial charge in [-0.05, 0) is 17.7 Å². The lowest BCUT2D eigenvalue weighted by Gasteiger charge is -2.03. The molecule has 1 heterocycles. The maximum absolute atomic E-state index is 13.8. The minimum absolute atomic E-state index is 0.0308. The van der Waals surface area contributed by atoms with Crippen molar-refractivity contribution in [1.29, 1.82) is 0 Å². The van der Waals surface area contributed by atoms with Gasteiger partial charge in [0.25, 0.3) is 5.91 Å². The zero-order valence-electron chi connectivity index (χ0n) is 12.7. The largest absolute Gasteiger partial charge is 0.390 e. The molecule has 0 fully saturated rings. The highest BCUT2D eigenvalue weighted by Crippen LogP contribution is 2.13. The lowest BCUT2D eigenvalue weighted by molar-refractivity contribution is 0.0942. The molecule has 6 nitrogen and oxygen atoms in total. The topological polar surface area (TPSA) is 80.0 Å². The first-order chi connectivity index (χ1) is 11.7. The van der Waals surface area contributed by atoms with Crippen molar-refractivity contribution >= 4 is 5.91 Å². The average molecular weight is 326 g/mol. The van der Waals surface area contributed by atoms with Gasteiger partial charge >= 0.3 is 0 Å². The molecule has 1 amide bonds. The maximum atomic E-state index is 13.8. The van der Waals surface area contributed by atoms with Crippen molar-refractivity contribution in [3.63, 3.8) is 0 Å². The lowest BCUT2D eigenvalue weighted by atomic mass is 10.2. The number of hydrogen-bond donors (Lipinski definition) is 2. The molecule has 122 valence electrons. The molecule has 0 aliphatic rings. The number of para-hydroxylation sites is 1. The Labute approximate surface area is 137 Å². The Bertz CT molecular complexity index is 849. The standard InChI is InChI=1S/C17H15FN4O2/c18-13-8-4-5-9-15(13)22-20-14(11-23)16(21-22)17(24)19-10-12-6-2-1-3-7-12/h1-9,23H,10-11H2,(H,19,24). The van der Waals surface area contributed by atoms with Crippen molar-refractivity contribution in [3.8, 4) is 5.69 Å². The summed E-state index contributed by atoms with van der Waals surface area (Å²) in [5.41, 5.74) is 1.09. The quantitative estimate of drug-likeness (QED) is 0.749. The molecule has 0 saturated carbocycles. The van der Waals surface area contributed by atoms with Gasteiger partial charge in [-0.1, -0.05) is 42.5 Å². The second kappa shape index (κ2) is 7.01. The van der Waals surface area contributed by atoms with E-state index in [9.17, 15) is 14.3 Å². The highest BCUT2D eigenvalue weighted by molar-refractivity contribution is 5.93. The summed E-state index contributed by atoms with van der Waals surface area (Å²) >= 11 is 0. The van der Waals surface area contributed by atoms with E-state index in [2.05, 4.69) is 15.5 Å². The number of benzene rings is 2. The summed E-state index contributed by atoms with van der Waals surface area (Å²) < 4.78 is 13.8. The van der Waals surface area contributed by atoms with Crippen molar-refractivity contribution in [2.45, 2.75) is 13.2 Å². The van der Waals surface area contributed by atoms with Gasteiger partial charge in [-0.25, -0.2) is 4.39 Å². The van der Waals surface area contributed by atoms with E-state index in [4.69, 9.17) is 0 Å². The molecule has 0 saturated heterocycles. The van der Waals surface area contributed by atoms with Crippen molar-refractivity contribution in [2.24, 2.45) is 0 Å². The molecule has 3 rings (SSSR count). The Morgan fingerprint density at radius 2 is 1.79 bits per heavy atom. The maximum Gasteiger partial charge on any atom is 0.274 e. The van der Waals surface area contributed by atoms with Crippen LogP contribution < -0.4 is 5.32 Å². The van der Waals surface area contributed by atoms with Crippen molar-refractivity contribution in [3.05, 3.63) is 77.4 Å². The number of carbonyl (C=O) groups is 1. The van der Waals surface area contributed by atoms with E-state index in [0.717, 1.165) is 10.4 Å². The molecule has 0 atom stereocenters. The Balaban J connectivity index is 1.82. The molecule has 2 aromatic carbocycles. The molecule has 1 aromatic heterocycles. The highest BCUT2D eigenvalue weighted by Gasteiger charge is 2.19. The van der Waals surface area contributed by atoms with Gasteiger partial charge < -0.3 is 10.4 Å². The summed E-state index contributed by atoms with van der Waals surface area (Å²) in [5, 5.41) is 20.1. The molecule has 2 N–H and O–H groups in total. The van der Waals surface area contributed by atoms with Gasteiger partial charge in [0, 0.05) is 6.54 Å². The minimum Gasteiger partial charge on any atom is -0.390 e. The molecule has 24 heavy (non-hydrogen) atoms. The SMILES string of the molecule is O=C(NCc1ccccc1)c1nn(-c2ccccc2F)nc1CO. The summed E-state index contributed by atoms with van der Waals surface area (Å²) in [6.07, 6.45) is 0. The Morgan fingerprint density at radius 3 is 2.50 bits per heavy atom. The first kappa shape index (κ1) is 15.8. The van der Waals surface area contributed by atoms with Crippen LogP contribution in [0.5, 0.6) is 0 Å². The van der Waals surface area contributed by atoms with Crippen molar-refractivity contribution in [2.75, 3.05) is 0 Å². The van der Waals surface area contributed by atoms with Crippen LogP contribution in [0.1, 0.15) is 21.7 Å². The van der Waals surface area contributed by atoms with Gasteiger partial charge in [-0.15, -0.1) is 15.0 Å². The smallest absolute Gasteiger partial charge is 0.274 e. The Hall–Kier alpha value is -3.06.